The zero-order valence-electron chi connectivity index (χ0n) is 22.1. The molecule has 9 heteroatoms. The van der Waals surface area contributed by atoms with Crippen LogP contribution in [0.3, 0.4) is 0 Å². The smallest absolute Gasteiger partial charge is 0.410 e. The Bertz CT molecular complexity index is 1350. The topological polar surface area (TPSA) is 104 Å². The predicted molar refractivity (Wildman–Crippen MR) is 150 cm³/mol. The number of pyridine rings is 1. The Hall–Kier alpha value is -3.49. The maximum atomic E-state index is 13.6. The van der Waals surface area contributed by atoms with Gasteiger partial charge in [0.2, 0.25) is 0 Å². The molecule has 3 aromatic rings. The third-order valence-corrected chi connectivity index (χ3v) is 6.56. The van der Waals surface area contributed by atoms with Crippen molar-refractivity contribution >= 4 is 46.3 Å². The Morgan fingerprint density at radius 2 is 1.97 bits per heavy atom. The number of nitrogens with one attached hydrogen (secondary N) is 1. The van der Waals surface area contributed by atoms with Gasteiger partial charge in [0.1, 0.15) is 10.8 Å². The minimum Gasteiger partial charge on any atom is -0.444 e. The molecule has 4 rings (SSSR count). The number of ether oxygens (including phenoxy) is 1. The Morgan fingerprint density at radius 1 is 1.24 bits per heavy atom. The van der Waals surface area contributed by atoms with Gasteiger partial charge in [0.25, 0.3) is 5.91 Å². The lowest BCUT2D eigenvalue weighted by Crippen LogP contribution is -2.55. The lowest BCUT2D eigenvalue weighted by atomic mass is 9.93. The van der Waals surface area contributed by atoms with Crippen molar-refractivity contribution in [3.63, 3.8) is 0 Å². The van der Waals surface area contributed by atoms with E-state index >= 15 is 0 Å². The number of aliphatic hydroxyl groups excluding tert-OH is 1. The van der Waals surface area contributed by atoms with E-state index < -0.39 is 23.8 Å². The fourth-order valence-electron chi connectivity index (χ4n) is 4.59. The second-order valence-electron chi connectivity index (χ2n) is 10.4. The van der Waals surface area contributed by atoms with E-state index in [4.69, 9.17) is 16.3 Å². The van der Waals surface area contributed by atoms with Crippen molar-refractivity contribution in [2.75, 3.05) is 13.1 Å². The number of benzene rings is 2. The molecule has 1 aliphatic rings. The molecule has 2 N–H and O–H groups in total. The van der Waals surface area contributed by atoms with Gasteiger partial charge in [-0.25, -0.2) is 9.78 Å². The van der Waals surface area contributed by atoms with E-state index in [1.165, 1.54) is 4.90 Å². The molecule has 1 aromatic heterocycles. The van der Waals surface area contributed by atoms with E-state index in [2.05, 4.69) is 15.3 Å². The second kappa shape index (κ2) is 11.5. The summed E-state index contributed by atoms with van der Waals surface area (Å²) in [5, 5.41) is 16.0. The van der Waals surface area contributed by atoms with Gasteiger partial charge in [0.15, 0.2) is 0 Å². The third kappa shape index (κ3) is 6.49. The number of nitrogens with zero attached hydrogens (tertiary/aromatic N) is 3. The zero-order chi connectivity index (χ0) is 27.4. The van der Waals surface area contributed by atoms with Crippen LogP contribution in [-0.2, 0) is 11.2 Å². The number of likely N-dealkylation sites (tertiary alicyclic amines) is 1. The summed E-state index contributed by atoms with van der Waals surface area (Å²) in [6.07, 6.45) is 2.93. The molecule has 0 bridgehead atoms. The van der Waals surface area contributed by atoms with Crippen LogP contribution in [0.15, 0.2) is 53.7 Å². The number of aliphatic hydroxyl groups is 1. The highest BCUT2D eigenvalue weighted by atomic mass is 35.5. The number of piperidine rings is 1. The fourth-order valence-corrected chi connectivity index (χ4v) is 4.70. The highest BCUT2D eigenvalue weighted by molar-refractivity contribution is 6.29. The normalized spacial score (nSPS) is 18.1. The van der Waals surface area contributed by atoms with E-state index in [0.717, 1.165) is 21.9 Å². The second-order valence-corrected chi connectivity index (χ2v) is 10.8. The molecule has 0 radical (unpaired) electrons. The fraction of sp³-hybridized carbons (Fsp3) is 0.379. The molecule has 2 amide bonds. The first kappa shape index (κ1) is 27.5. The minimum absolute atomic E-state index is 0.0758. The van der Waals surface area contributed by atoms with E-state index in [0.29, 0.717) is 35.8 Å². The number of aromatic nitrogens is 1. The molecule has 0 aliphatic carbocycles. The van der Waals surface area contributed by atoms with Crippen molar-refractivity contribution in [1.82, 2.24) is 15.2 Å². The lowest BCUT2D eigenvalue weighted by molar-refractivity contribution is -0.00408. The van der Waals surface area contributed by atoms with Crippen molar-refractivity contribution in [2.24, 2.45) is 4.99 Å². The van der Waals surface area contributed by atoms with Crippen LogP contribution in [0.5, 0.6) is 0 Å². The number of rotatable bonds is 5. The number of carbonyl (C=O) groups excluding carboxylic acids is 2. The number of β-amino-alcohol motifs (C(OH)–C–C–N with tert-alkyl or cyclic N) is 1. The quantitative estimate of drug-likeness (QED) is 0.340. The van der Waals surface area contributed by atoms with Gasteiger partial charge in [-0.1, -0.05) is 41.9 Å². The summed E-state index contributed by atoms with van der Waals surface area (Å²) in [7, 11) is 0. The molecule has 2 heterocycles. The minimum atomic E-state index is -0.932. The van der Waals surface area contributed by atoms with Gasteiger partial charge in [-0.05, 0) is 69.2 Å². The molecule has 0 spiro atoms. The lowest BCUT2D eigenvalue weighted by Gasteiger charge is -2.37. The van der Waals surface area contributed by atoms with Crippen molar-refractivity contribution in [3.8, 4) is 0 Å². The van der Waals surface area contributed by atoms with Crippen LogP contribution in [0.2, 0.25) is 5.15 Å². The molecule has 1 aliphatic heterocycles. The van der Waals surface area contributed by atoms with Gasteiger partial charge in [0, 0.05) is 24.3 Å². The first-order chi connectivity index (χ1) is 18.1. The molecule has 2 aromatic carbocycles. The summed E-state index contributed by atoms with van der Waals surface area (Å²) >= 11 is 5.96. The summed E-state index contributed by atoms with van der Waals surface area (Å²) in [5.41, 5.74) is 2.27. The van der Waals surface area contributed by atoms with Crippen LogP contribution < -0.4 is 5.32 Å². The maximum Gasteiger partial charge on any atom is 0.410 e. The standard InChI is InChI=1S/C29H33ClN4O4/c1-5-31-26-21-9-7-6-8-20(21)19(14-18-10-11-25(30)32-16-18)15-22(26)27(36)33-23-12-13-34(17-24(23)35)28(37)38-29(2,3)4/h5-11,15-16,23-24,35H,12-14,17H2,1-4H3,(H,33,36)/t23-,24-/m0/s1. The Morgan fingerprint density at radius 3 is 2.61 bits per heavy atom. The van der Waals surface area contributed by atoms with Crippen molar-refractivity contribution in [2.45, 2.75) is 58.3 Å². The van der Waals surface area contributed by atoms with E-state index in [9.17, 15) is 14.7 Å². The number of carbonyl (C=O) groups is 2. The maximum absolute atomic E-state index is 13.6. The van der Waals surface area contributed by atoms with Crippen LogP contribution in [0.1, 0.15) is 55.6 Å². The average molecular weight is 537 g/mol. The van der Waals surface area contributed by atoms with Crippen LogP contribution in [-0.4, -0.2) is 64.0 Å². The number of hydrogen-bond donors (Lipinski definition) is 2. The highest BCUT2D eigenvalue weighted by Gasteiger charge is 2.34. The Labute approximate surface area is 227 Å². The van der Waals surface area contributed by atoms with E-state index in [1.807, 2.05) is 36.4 Å². The molecule has 1 fully saturated rings. The van der Waals surface area contributed by atoms with Gasteiger partial charge in [-0.3, -0.25) is 9.79 Å². The third-order valence-electron chi connectivity index (χ3n) is 6.34. The summed E-state index contributed by atoms with van der Waals surface area (Å²) in [5.74, 6) is -0.332. The number of fused-ring (bicyclic) bond motifs is 1. The largest absolute Gasteiger partial charge is 0.444 e. The Kier molecular flexibility index (Phi) is 8.33. The molecule has 38 heavy (non-hydrogen) atoms. The van der Waals surface area contributed by atoms with Crippen LogP contribution in [0.4, 0.5) is 10.5 Å². The van der Waals surface area contributed by atoms with Gasteiger partial charge in [-0.15, -0.1) is 0 Å². The molecular weight excluding hydrogens is 504 g/mol. The molecule has 200 valence electrons. The summed E-state index contributed by atoms with van der Waals surface area (Å²) in [6, 6.07) is 12.8. The predicted octanol–water partition coefficient (Wildman–Crippen LogP) is 5.30. The molecule has 0 unspecified atom stereocenters. The van der Waals surface area contributed by atoms with Gasteiger partial charge in [-0.2, -0.15) is 0 Å². The number of amides is 2. The average Bonchev–Trinajstić information content (AvgIpc) is 2.86. The SMILES string of the molecule is CC=Nc1c(C(=O)N[C@H]2CCN(C(=O)OC(C)(C)C)C[C@@H]2O)cc(Cc2ccc(Cl)nc2)c2ccccc12. The van der Waals surface area contributed by atoms with E-state index in [1.54, 1.807) is 46.2 Å². The number of aliphatic imine (C=N–C) groups is 1. The van der Waals surface area contributed by atoms with Crippen LogP contribution in [0, 0.1) is 0 Å². The monoisotopic (exact) mass is 536 g/mol. The molecular formula is C29H33ClN4O4. The van der Waals surface area contributed by atoms with Gasteiger partial charge in [0.05, 0.1) is 29.9 Å². The summed E-state index contributed by atoms with van der Waals surface area (Å²) < 4.78 is 5.42. The highest BCUT2D eigenvalue weighted by Crippen LogP contribution is 2.34. The summed E-state index contributed by atoms with van der Waals surface area (Å²) in [4.78, 5) is 36.3. The number of halogens is 1. The first-order valence-corrected chi connectivity index (χ1v) is 13.0. The molecule has 8 nitrogen and oxygen atoms in total. The molecule has 1 saturated heterocycles. The molecule has 0 saturated carbocycles. The first-order valence-electron chi connectivity index (χ1n) is 12.7. The van der Waals surface area contributed by atoms with Gasteiger partial charge < -0.3 is 20.1 Å². The zero-order valence-corrected chi connectivity index (χ0v) is 22.8. The molecule has 2 atom stereocenters. The Balaban J connectivity index is 1.60. The van der Waals surface area contributed by atoms with Crippen molar-refractivity contribution in [3.05, 3.63) is 70.5 Å². The van der Waals surface area contributed by atoms with Crippen molar-refractivity contribution in [1.29, 1.82) is 0 Å². The van der Waals surface area contributed by atoms with Crippen molar-refractivity contribution < 1.29 is 19.4 Å². The van der Waals surface area contributed by atoms with Crippen LogP contribution >= 0.6 is 11.6 Å². The summed E-state index contributed by atoms with van der Waals surface area (Å²) in [6.45, 7) is 7.64. The van der Waals surface area contributed by atoms with Crippen LogP contribution in [0.25, 0.3) is 10.8 Å². The number of hydrogen-bond acceptors (Lipinski definition) is 6. The van der Waals surface area contributed by atoms with Gasteiger partial charge >= 0.3 is 6.09 Å². The van der Waals surface area contributed by atoms with E-state index in [-0.39, 0.29) is 12.5 Å².